The molecular formula is C22H35ClN6O2S. The van der Waals surface area contributed by atoms with Gasteiger partial charge in [-0.15, -0.1) is 0 Å². The summed E-state index contributed by atoms with van der Waals surface area (Å²) < 4.78 is 0. The molecule has 2 aliphatic rings. The van der Waals surface area contributed by atoms with E-state index in [0.717, 1.165) is 18.8 Å². The van der Waals surface area contributed by atoms with Gasteiger partial charge in [0.25, 0.3) is 0 Å². The smallest absolute Gasteiger partial charge is 0.230 e. The molecule has 1 aromatic heterocycles. The summed E-state index contributed by atoms with van der Waals surface area (Å²) in [6, 6.07) is 2.49. The number of carbonyl (C=O) groups is 2. The molecule has 2 atom stereocenters. The highest BCUT2D eigenvalue weighted by molar-refractivity contribution is 7.99. The van der Waals surface area contributed by atoms with Crippen LogP contribution in [0.15, 0.2) is 11.2 Å². The molecule has 2 saturated heterocycles. The summed E-state index contributed by atoms with van der Waals surface area (Å²) in [6.07, 6.45) is 4.84. The van der Waals surface area contributed by atoms with Crippen LogP contribution in [0.3, 0.4) is 0 Å². The molecule has 2 amide bonds. The summed E-state index contributed by atoms with van der Waals surface area (Å²) >= 11 is 7.52. The maximum Gasteiger partial charge on any atom is 0.230 e. The van der Waals surface area contributed by atoms with E-state index in [1.807, 2.05) is 11.8 Å². The van der Waals surface area contributed by atoms with Crippen LogP contribution in [0.2, 0.25) is 5.15 Å². The van der Waals surface area contributed by atoms with Crippen molar-refractivity contribution < 1.29 is 9.59 Å². The molecular weight excluding hydrogens is 448 g/mol. The molecule has 0 radical (unpaired) electrons. The molecule has 2 aliphatic heterocycles. The fraction of sp³-hybridized carbons (Fsp3) is 0.727. The van der Waals surface area contributed by atoms with Crippen molar-refractivity contribution in [3.05, 3.63) is 11.2 Å². The first kappa shape index (κ1) is 25.1. The Morgan fingerprint density at radius 1 is 1.19 bits per heavy atom. The topological polar surface area (TPSA) is 81.7 Å². The Bertz CT molecular complexity index is 798. The number of piperidine rings is 1. The average Bonchev–Trinajstić information content (AvgIpc) is 2.75. The first-order valence-electron chi connectivity index (χ1n) is 11.5. The lowest BCUT2D eigenvalue weighted by Crippen LogP contribution is -2.53. The highest BCUT2D eigenvalue weighted by atomic mass is 35.5. The number of carbonyl (C=O) groups excluding carboxylic acids is 2. The Kier molecular flexibility index (Phi) is 9.43. The van der Waals surface area contributed by atoms with Crippen molar-refractivity contribution in [2.45, 2.75) is 63.7 Å². The number of halogens is 1. The van der Waals surface area contributed by atoms with Crippen LogP contribution in [-0.2, 0) is 9.59 Å². The number of likely N-dealkylation sites (tertiary alicyclic amines) is 1. The molecule has 178 valence electrons. The number of aromatic nitrogens is 2. The van der Waals surface area contributed by atoms with Gasteiger partial charge in [-0.3, -0.25) is 9.59 Å². The molecule has 0 saturated carbocycles. The van der Waals surface area contributed by atoms with Gasteiger partial charge in [-0.2, -0.15) is 0 Å². The van der Waals surface area contributed by atoms with Crippen LogP contribution in [0.4, 0.5) is 5.82 Å². The Balaban J connectivity index is 1.43. The summed E-state index contributed by atoms with van der Waals surface area (Å²) in [7, 11) is 0. The van der Waals surface area contributed by atoms with Crippen LogP contribution in [0.1, 0.15) is 46.5 Å². The molecule has 0 aliphatic carbocycles. The summed E-state index contributed by atoms with van der Waals surface area (Å²) in [6.45, 7) is 10.8. The summed E-state index contributed by atoms with van der Waals surface area (Å²) in [5.41, 5.74) is 0. The van der Waals surface area contributed by atoms with Crippen molar-refractivity contribution in [3.63, 3.8) is 0 Å². The van der Waals surface area contributed by atoms with E-state index in [0.29, 0.717) is 42.5 Å². The van der Waals surface area contributed by atoms with Crippen LogP contribution >= 0.6 is 23.4 Å². The van der Waals surface area contributed by atoms with Crippen molar-refractivity contribution in [3.8, 4) is 0 Å². The second kappa shape index (κ2) is 12.0. The Morgan fingerprint density at radius 3 is 2.72 bits per heavy atom. The highest BCUT2D eigenvalue weighted by Gasteiger charge is 2.26. The van der Waals surface area contributed by atoms with E-state index in [9.17, 15) is 9.59 Å². The molecule has 3 rings (SSSR count). The van der Waals surface area contributed by atoms with Gasteiger partial charge in [0.05, 0.1) is 5.75 Å². The minimum Gasteiger partial charge on any atom is -0.355 e. The maximum absolute atomic E-state index is 12.3. The first-order chi connectivity index (χ1) is 15.3. The number of nitrogens with one attached hydrogen (secondary N) is 1. The monoisotopic (exact) mass is 482 g/mol. The van der Waals surface area contributed by atoms with Gasteiger partial charge in [-0.05, 0) is 39.7 Å². The molecule has 2 fully saturated rings. The minimum atomic E-state index is -0.0180. The quantitative estimate of drug-likeness (QED) is 0.264. The van der Waals surface area contributed by atoms with Crippen molar-refractivity contribution in [2.24, 2.45) is 0 Å². The zero-order valence-electron chi connectivity index (χ0n) is 19.3. The van der Waals surface area contributed by atoms with Crippen LogP contribution in [0.5, 0.6) is 0 Å². The number of thioether (sulfide) groups is 1. The number of piperazine rings is 1. The second-order valence-electron chi connectivity index (χ2n) is 8.71. The van der Waals surface area contributed by atoms with E-state index in [4.69, 9.17) is 11.6 Å². The van der Waals surface area contributed by atoms with E-state index < -0.39 is 0 Å². The molecule has 1 N–H and O–H groups in total. The van der Waals surface area contributed by atoms with Gasteiger partial charge in [0.1, 0.15) is 11.0 Å². The second-order valence-corrected chi connectivity index (χ2v) is 10.0. The fourth-order valence-corrected chi connectivity index (χ4v) is 5.34. The Morgan fingerprint density at radius 2 is 2.00 bits per heavy atom. The third-order valence-corrected chi connectivity index (χ3v) is 7.27. The maximum atomic E-state index is 12.3. The molecule has 0 spiro atoms. The molecule has 0 aromatic carbocycles. The van der Waals surface area contributed by atoms with Crippen LogP contribution in [0.25, 0.3) is 0 Å². The van der Waals surface area contributed by atoms with Gasteiger partial charge in [-0.25, -0.2) is 9.97 Å². The number of anilines is 1. The van der Waals surface area contributed by atoms with Gasteiger partial charge < -0.3 is 20.0 Å². The number of hydrogen-bond donors (Lipinski definition) is 1. The van der Waals surface area contributed by atoms with E-state index >= 15 is 0 Å². The van der Waals surface area contributed by atoms with Gasteiger partial charge in [0.2, 0.25) is 11.8 Å². The predicted octanol–water partition coefficient (Wildman–Crippen LogP) is 2.66. The van der Waals surface area contributed by atoms with Crippen molar-refractivity contribution >= 4 is 41.0 Å². The van der Waals surface area contributed by atoms with Crippen LogP contribution in [0, 0.1) is 0 Å². The first-order valence-corrected chi connectivity index (χ1v) is 12.9. The number of amides is 2. The lowest BCUT2D eigenvalue weighted by molar-refractivity contribution is -0.131. The molecule has 8 nitrogen and oxygen atoms in total. The van der Waals surface area contributed by atoms with Crippen molar-refractivity contribution in [1.29, 1.82) is 0 Å². The van der Waals surface area contributed by atoms with Gasteiger partial charge in [-0.1, -0.05) is 29.8 Å². The average molecular weight is 483 g/mol. The molecule has 10 heteroatoms. The van der Waals surface area contributed by atoms with Crippen LogP contribution < -0.4 is 10.2 Å². The summed E-state index contributed by atoms with van der Waals surface area (Å²) in [5, 5.41) is 3.85. The third kappa shape index (κ3) is 7.22. The molecule has 0 bridgehead atoms. The lowest BCUT2D eigenvalue weighted by Gasteiger charge is -2.40. The molecule has 3 heterocycles. The van der Waals surface area contributed by atoms with Crippen LogP contribution in [-0.4, -0.2) is 88.7 Å². The summed E-state index contributed by atoms with van der Waals surface area (Å²) in [5.74, 6) is 1.06. The number of nitrogens with zero attached hydrogens (tertiary/aromatic N) is 5. The SMILES string of the molecule is CC(=O)N1CCN(c2cc(Cl)nc(SCC(=O)NCCCN3CCCCC3C)n2)CC1C. The minimum absolute atomic E-state index is 0.0180. The predicted molar refractivity (Wildman–Crippen MR) is 129 cm³/mol. The molecule has 32 heavy (non-hydrogen) atoms. The largest absolute Gasteiger partial charge is 0.355 e. The van der Waals surface area contributed by atoms with Gasteiger partial charge >= 0.3 is 0 Å². The summed E-state index contributed by atoms with van der Waals surface area (Å²) in [4.78, 5) is 39.3. The molecule has 2 unspecified atom stereocenters. The van der Waals surface area contributed by atoms with Gasteiger partial charge in [0.15, 0.2) is 5.16 Å². The Labute approximate surface area is 200 Å². The van der Waals surface area contributed by atoms with Crippen molar-refractivity contribution in [1.82, 2.24) is 25.1 Å². The third-order valence-electron chi connectivity index (χ3n) is 6.23. The van der Waals surface area contributed by atoms with Crippen molar-refractivity contribution in [2.75, 3.05) is 49.9 Å². The van der Waals surface area contributed by atoms with E-state index in [2.05, 4.69) is 32.0 Å². The lowest BCUT2D eigenvalue weighted by atomic mass is 10.0. The zero-order valence-corrected chi connectivity index (χ0v) is 20.9. The highest BCUT2D eigenvalue weighted by Crippen LogP contribution is 2.24. The number of hydrogen-bond acceptors (Lipinski definition) is 7. The standard InChI is InChI=1S/C22H35ClN6O2S/c1-16-7-4-5-9-27(16)10-6-8-24-21(31)15-32-22-25-19(23)13-20(26-22)28-11-12-29(18(3)30)17(2)14-28/h13,16-17H,4-12,14-15H2,1-3H3,(H,24,31). The fourth-order valence-electron chi connectivity index (χ4n) is 4.43. The van der Waals surface area contributed by atoms with E-state index in [1.54, 1.807) is 13.0 Å². The molecule has 1 aromatic rings. The normalized spacial score (nSPS) is 22.1. The Hall–Kier alpha value is -1.58. The van der Waals surface area contributed by atoms with E-state index in [1.165, 1.54) is 37.6 Å². The number of rotatable bonds is 8. The zero-order chi connectivity index (χ0) is 23.1. The van der Waals surface area contributed by atoms with Gasteiger partial charge in [0, 0.05) is 57.8 Å². The van der Waals surface area contributed by atoms with E-state index in [-0.39, 0.29) is 23.6 Å².